The van der Waals surface area contributed by atoms with E-state index in [1.165, 1.54) is 37.7 Å². The van der Waals surface area contributed by atoms with Crippen LogP contribution < -0.4 is 10.5 Å². The fourth-order valence-electron chi connectivity index (χ4n) is 3.66. The number of benzene rings is 2. The molecule has 1 saturated carbocycles. The van der Waals surface area contributed by atoms with Gasteiger partial charge >= 0.3 is 0 Å². The van der Waals surface area contributed by atoms with E-state index in [-0.39, 0.29) is 6.04 Å². The first-order valence-electron chi connectivity index (χ1n) is 9.03. The molecule has 0 radical (unpaired) electrons. The monoisotopic (exact) mass is 324 g/mol. The second-order valence-corrected chi connectivity index (χ2v) is 6.69. The average molecular weight is 324 g/mol. The highest BCUT2D eigenvalue weighted by Gasteiger charge is 2.24. The molecule has 128 valence electrons. The van der Waals surface area contributed by atoms with Gasteiger partial charge in [0.05, 0.1) is 0 Å². The third kappa shape index (κ3) is 4.16. The zero-order valence-corrected chi connectivity index (χ0v) is 14.5. The number of nitrogens with zero attached hydrogens (tertiary/aromatic N) is 1. The standard InChI is InChI=1S/C21H28N2O/c1-23(18-8-4-2-5-9-18)21(16-22)17-12-14-20(15-13-17)24-19-10-6-3-7-11-19/h3,6-7,10-15,18,21H,2,4-5,8-9,16,22H2,1H3. The van der Waals surface area contributed by atoms with Crippen molar-refractivity contribution in [2.75, 3.05) is 13.6 Å². The van der Waals surface area contributed by atoms with E-state index in [1.807, 2.05) is 42.5 Å². The minimum absolute atomic E-state index is 0.277. The summed E-state index contributed by atoms with van der Waals surface area (Å²) in [6.45, 7) is 0.645. The molecule has 0 saturated heterocycles. The van der Waals surface area contributed by atoms with E-state index in [2.05, 4.69) is 24.1 Å². The van der Waals surface area contributed by atoms with E-state index in [0.29, 0.717) is 12.6 Å². The fraction of sp³-hybridized carbons (Fsp3) is 0.429. The Labute approximate surface area is 145 Å². The highest BCUT2D eigenvalue weighted by atomic mass is 16.5. The second-order valence-electron chi connectivity index (χ2n) is 6.69. The molecule has 0 aliphatic heterocycles. The SMILES string of the molecule is CN(C1CCCCC1)C(CN)c1ccc(Oc2ccccc2)cc1. The molecule has 3 rings (SSSR count). The molecule has 1 atom stereocenters. The van der Waals surface area contributed by atoms with E-state index >= 15 is 0 Å². The molecular formula is C21H28N2O. The van der Waals surface area contributed by atoms with Gasteiger partial charge in [0.1, 0.15) is 11.5 Å². The number of rotatable bonds is 6. The summed E-state index contributed by atoms with van der Waals surface area (Å²) in [5, 5.41) is 0. The van der Waals surface area contributed by atoms with E-state index in [4.69, 9.17) is 10.5 Å². The maximum atomic E-state index is 6.10. The predicted octanol–water partition coefficient (Wildman–Crippen LogP) is 4.74. The summed E-state index contributed by atoms with van der Waals surface area (Å²) in [6, 6.07) is 19.2. The molecule has 1 aliphatic rings. The van der Waals surface area contributed by atoms with Crippen LogP contribution in [0.3, 0.4) is 0 Å². The molecule has 0 bridgehead atoms. The molecule has 2 aromatic carbocycles. The fourth-order valence-corrected chi connectivity index (χ4v) is 3.66. The third-order valence-corrected chi connectivity index (χ3v) is 5.11. The van der Waals surface area contributed by atoms with E-state index in [0.717, 1.165) is 11.5 Å². The first kappa shape index (κ1) is 17.0. The molecule has 0 heterocycles. The normalized spacial score (nSPS) is 17.0. The van der Waals surface area contributed by atoms with Crippen LogP contribution in [0.4, 0.5) is 0 Å². The summed E-state index contributed by atoms with van der Waals surface area (Å²) >= 11 is 0. The van der Waals surface area contributed by atoms with Gasteiger partial charge in [-0.3, -0.25) is 4.90 Å². The molecule has 1 fully saturated rings. The Morgan fingerprint density at radius 1 is 0.958 bits per heavy atom. The number of hydrogen-bond donors (Lipinski definition) is 1. The molecule has 0 spiro atoms. The van der Waals surface area contributed by atoms with Gasteiger partial charge < -0.3 is 10.5 Å². The van der Waals surface area contributed by atoms with E-state index in [9.17, 15) is 0 Å². The van der Waals surface area contributed by atoms with Crippen molar-refractivity contribution in [3.05, 3.63) is 60.2 Å². The highest BCUT2D eigenvalue weighted by Crippen LogP contribution is 2.30. The van der Waals surface area contributed by atoms with Gasteiger partial charge in [-0.25, -0.2) is 0 Å². The summed E-state index contributed by atoms with van der Waals surface area (Å²) in [5.74, 6) is 1.72. The summed E-state index contributed by atoms with van der Waals surface area (Å²) < 4.78 is 5.88. The van der Waals surface area contributed by atoms with Crippen LogP contribution in [-0.2, 0) is 0 Å². The van der Waals surface area contributed by atoms with Crippen molar-refractivity contribution in [3.63, 3.8) is 0 Å². The predicted molar refractivity (Wildman–Crippen MR) is 99.4 cm³/mol. The van der Waals surface area contributed by atoms with E-state index < -0.39 is 0 Å². The van der Waals surface area contributed by atoms with Crippen molar-refractivity contribution < 1.29 is 4.74 Å². The minimum Gasteiger partial charge on any atom is -0.457 e. The van der Waals surface area contributed by atoms with Crippen molar-refractivity contribution >= 4 is 0 Å². The molecule has 0 aromatic heterocycles. The number of hydrogen-bond acceptors (Lipinski definition) is 3. The lowest BCUT2D eigenvalue weighted by atomic mass is 9.92. The van der Waals surface area contributed by atoms with Gasteiger partial charge in [0, 0.05) is 18.6 Å². The van der Waals surface area contributed by atoms with Crippen LogP contribution in [0.2, 0.25) is 0 Å². The number of likely N-dealkylation sites (N-methyl/N-ethyl adjacent to an activating group) is 1. The van der Waals surface area contributed by atoms with Crippen molar-refractivity contribution in [3.8, 4) is 11.5 Å². The highest BCUT2D eigenvalue weighted by molar-refractivity contribution is 5.34. The maximum Gasteiger partial charge on any atom is 0.127 e. The van der Waals surface area contributed by atoms with Gasteiger partial charge in [0.25, 0.3) is 0 Å². The molecule has 3 heteroatoms. The summed E-state index contributed by atoms with van der Waals surface area (Å²) in [7, 11) is 2.22. The Morgan fingerprint density at radius 3 is 2.21 bits per heavy atom. The lowest BCUT2D eigenvalue weighted by Crippen LogP contribution is -2.39. The Kier molecular flexibility index (Phi) is 5.89. The molecular weight excluding hydrogens is 296 g/mol. The van der Waals surface area contributed by atoms with Crippen molar-refractivity contribution in [1.82, 2.24) is 4.90 Å². The number of ether oxygens (including phenoxy) is 1. The minimum atomic E-state index is 0.277. The largest absolute Gasteiger partial charge is 0.457 e. The lowest BCUT2D eigenvalue weighted by molar-refractivity contribution is 0.140. The van der Waals surface area contributed by atoms with Crippen molar-refractivity contribution in [1.29, 1.82) is 0 Å². The zero-order valence-electron chi connectivity index (χ0n) is 14.5. The van der Waals surface area contributed by atoms with Crippen LogP contribution in [0, 0.1) is 0 Å². The quantitative estimate of drug-likeness (QED) is 0.834. The zero-order chi connectivity index (χ0) is 16.8. The topological polar surface area (TPSA) is 38.5 Å². The average Bonchev–Trinajstić information content (AvgIpc) is 2.65. The lowest BCUT2D eigenvalue weighted by Gasteiger charge is -2.37. The summed E-state index contributed by atoms with van der Waals surface area (Å²) in [5.41, 5.74) is 7.37. The Morgan fingerprint density at radius 2 is 1.58 bits per heavy atom. The van der Waals surface area contributed by atoms with Gasteiger partial charge in [-0.15, -0.1) is 0 Å². The van der Waals surface area contributed by atoms with Gasteiger partial charge in [0.2, 0.25) is 0 Å². The van der Waals surface area contributed by atoms with Gasteiger partial charge in [-0.05, 0) is 49.7 Å². The first-order chi connectivity index (χ1) is 11.8. The summed E-state index contributed by atoms with van der Waals surface area (Å²) in [6.07, 6.45) is 6.65. The van der Waals surface area contributed by atoms with Gasteiger partial charge in [0.15, 0.2) is 0 Å². The molecule has 3 nitrogen and oxygen atoms in total. The van der Waals surface area contributed by atoms with Crippen LogP contribution in [0.15, 0.2) is 54.6 Å². The van der Waals surface area contributed by atoms with Crippen LogP contribution in [-0.4, -0.2) is 24.5 Å². The second kappa shape index (κ2) is 8.32. The smallest absolute Gasteiger partial charge is 0.127 e. The van der Waals surface area contributed by atoms with E-state index in [1.54, 1.807) is 0 Å². The molecule has 1 unspecified atom stereocenters. The van der Waals surface area contributed by atoms with Crippen LogP contribution in [0.5, 0.6) is 11.5 Å². The van der Waals surface area contributed by atoms with Crippen molar-refractivity contribution in [2.24, 2.45) is 5.73 Å². The molecule has 0 amide bonds. The molecule has 2 N–H and O–H groups in total. The van der Waals surface area contributed by atoms with Gasteiger partial charge in [-0.1, -0.05) is 49.6 Å². The first-order valence-corrected chi connectivity index (χ1v) is 9.03. The third-order valence-electron chi connectivity index (χ3n) is 5.11. The number of nitrogens with two attached hydrogens (primary N) is 1. The van der Waals surface area contributed by atoms with Crippen LogP contribution in [0.25, 0.3) is 0 Å². The molecule has 2 aromatic rings. The maximum absolute atomic E-state index is 6.10. The van der Waals surface area contributed by atoms with Crippen LogP contribution in [0.1, 0.15) is 43.7 Å². The van der Waals surface area contributed by atoms with Gasteiger partial charge in [-0.2, -0.15) is 0 Å². The molecule has 24 heavy (non-hydrogen) atoms. The Hall–Kier alpha value is -1.84. The Bertz CT molecular complexity index is 605. The van der Waals surface area contributed by atoms with Crippen LogP contribution >= 0.6 is 0 Å². The number of para-hydroxylation sites is 1. The summed E-state index contributed by atoms with van der Waals surface area (Å²) in [4.78, 5) is 2.48. The Balaban J connectivity index is 1.68. The van der Waals surface area contributed by atoms with Crippen molar-refractivity contribution in [2.45, 2.75) is 44.2 Å². The molecule has 1 aliphatic carbocycles.